The Kier molecular flexibility index (Phi) is 23.1. The largest absolute Gasteiger partial charge is 0.480 e. The number of rotatable bonds is 26. The lowest BCUT2D eigenvalue weighted by atomic mass is 10.0. The molecule has 0 aromatic carbocycles. The molecule has 6 amide bonds. The van der Waals surface area contributed by atoms with Gasteiger partial charge in [0.25, 0.3) is 0 Å². The lowest BCUT2D eigenvalue weighted by Crippen LogP contribution is -2.60. The first-order chi connectivity index (χ1) is 24.0. The molecule has 294 valence electrons. The minimum absolute atomic E-state index is 0.0458. The van der Waals surface area contributed by atoms with E-state index in [1.54, 1.807) is 6.92 Å². The summed E-state index contributed by atoms with van der Waals surface area (Å²) in [5.74, 6) is -6.02. The van der Waals surface area contributed by atoms with Crippen molar-refractivity contribution in [3.05, 3.63) is 0 Å². The number of hydrogen-bond donors (Lipinski definition) is 13. The Hall–Kier alpha value is -3.95. The molecule has 0 aromatic rings. The molecule has 51 heavy (non-hydrogen) atoms. The first-order valence-corrected chi connectivity index (χ1v) is 17.3. The number of carboxylic acids is 1. The monoisotopic (exact) mass is 731 g/mol. The zero-order valence-electron chi connectivity index (χ0n) is 30.1. The van der Waals surface area contributed by atoms with Gasteiger partial charge in [-0.25, -0.2) is 4.79 Å². The van der Waals surface area contributed by atoms with Gasteiger partial charge in [0.1, 0.15) is 30.2 Å². The quantitative estimate of drug-likeness (QED) is 0.0396. The van der Waals surface area contributed by atoms with Gasteiger partial charge in [0.05, 0.1) is 12.1 Å². The predicted octanol–water partition coefficient (Wildman–Crippen LogP) is -5.07. The third kappa shape index (κ3) is 17.7. The van der Waals surface area contributed by atoms with Crippen molar-refractivity contribution in [3.63, 3.8) is 0 Å². The minimum Gasteiger partial charge on any atom is -0.480 e. The Balaban J connectivity index is 5.96. The van der Waals surface area contributed by atoms with E-state index in [0.717, 1.165) is 0 Å². The van der Waals surface area contributed by atoms with E-state index in [0.29, 0.717) is 6.42 Å². The lowest BCUT2D eigenvalue weighted by molar-refractivity contribution is -0.145. The van der Waals surface area contributed by atoms with E-state index in [4.69, 9.17) is 28.7 Å². The van der Waals surface area contributed by atoms with Gasteiger partial charge in [-0.1, -0.05) is 27.2 Å². The average molecular weight is 732 g/mol. The summed E-state index contributed by atoms with van der Waals surface area (Å²) < 4.78 is 0. The highest BCUT2D eigenvalue weighted by Gasteiger charge is 2.34. The van der Waals surface area contributed by atoms with Gasteiger partial charge in [-0.3, -0.25) is 28.8 Å². The Morgan fingerprint density at radius 1 is 0.529 bits per heavy atom. The van der Waals surface area contributed by atoms with E-state index in [1.807, 2.05) is 13.8 Å². The summed E-state index contributed by atoms with van der Waals surface area (Å²) in [6.45, 7) is 6.68. The lowest BCUT2D eigenvalue weighted by Gasteiger charge is -2.28. The highest BCUT2D eigenvalue weighted by molar-refractivity contribution is 5.97. The number of aliphatic hydroxyl groups excluding tert-OH is 1. The Morgan fingerprint density at radius 3 is 1.20 bits per heavy atom. The molecular weight excluding hydrogens is 670 g/mol. The SMILES string of the molecule is CCC[C@H](NC(=O)[C@@H](CC(C)C)NC(=O)[C@H](CCN)NC(=O)[C@@H](N)CCN)C(=O)N[C@@H](CCN)C(=O)N[C@@H](CCN)C(=O)N[C@H](C(=O)O)[C@@H](C)O. The van der Waals surface area contributed by atoms with Gasteiger partial charge in [0.15, 0.2) is 6.04 Å². The van der Waals surface area contributed by atoms with Gasteiger partial charge < -0.3 is 70.8 Å². The van der Waals surface area contributed by atoms with E-state index < -0.39 is 89.8 Å². The number of carboxylic acid groups (broad SMARTS) is 1. The maximum atomic E-state index is 13.6. The Bertz CT molecular complexity index is 1140. The van der Waals surface area contributed by atoms with Gasteiger partial charge in [0, 0.05) is 0 Å². The molecule has 0 spiro atoms. The van der Waals surface area contributed by atoms with Crippen LogP contribution in [0.5, 0.6) is 0 Å². The number of nitrogens with two attached hydrogens (primary N) is 5. The van der Waals surface area contributed by atoms with Crippen molar-refractivity contribution in [3.8, 4) is 0 Å². The second kappa shape index (κ2) is 25.1. The van der Waals surface area contributed by atoms with Crippen LogP contribution in [-0.4, -0.2) is 126 Å². The van der Waals surface area contributed by atoms with Crippen molar-refractivity contribution < 1.29 is 43.8 Å². The van der Waals surface area contributed by atoms with Gasteiger partial charge in [-0.05, 0) is 77.5 Å². The minimum atomic E-state index is -1.65. The number of nitrogens with one attached hydrogen (secondary N) is 6. The van der Waals surface area contributed by atoms with Gasteiger partial charge in [-0.2, -0.15) is 0 Å². The molecule has 0 aliphatic carbocycles. The zero-order valence-corrected chi connectivity index (χ0v) is 30.1. The number of aliphatic hydroxyl groups is 1. The van der Waals surface area contributed by atoms with Crippen molar-refractivity contribution >= 4 is 41.4 Å². The van der Waals surface area contributed by atoms with Crippen LogP contribution in [0, 0.1) is 5.92 Å². The van der Waals surface area contributed by atoms with Crippen LogP contribution in [0.4, 0.5) is 0 Å². The highest BCUT2D eigenvalue weighted by atomic mass is 16.4. The van der Waals surface area contributed by atoms with E-state index in [-0.39, 0.29) is 70.6 Å². The summed E-state index contributed by atoms with van der Waals surface area (Å²) in [6.07, 6.45) is -0.594. The van der Waals surface area contributed by atoms with Crippen LogP contribution in [0.25, 0.3) is 0 Å². The number of hydrogen-bond acceptors (Lipinski definition) is 13. The fourth-order valence-electron chi connectivity index (χ4n) is 4.89. The standard InChI is InChI=1S/C31H61N11O9/c1-5-6-19(38-30(49)23(15-16(2)3)41-28(47)20(8-12-33)37-25(44)18(36)7-11-32)26(45)39-21(9-13-34)27(46)40-22(10-14-35)29(48)42-24(17(4)43)31(50)51/h16-24,43H,5-15,32-36H2,1-4H3,(H,37,44)(H,38,49)(H,39,45)(H,40,46)(H,41,47)(H,42,48)(H,50,51)/t17-,18+,19+,20+,21+,22+,23-,24+/m1/s1. The van der Waals surface area contributed by atoms with Crippen LogP contribution in [0.1, 0.15) is 72.6 Å². The molecule has 0 aromatic heterocycles. The smallest absolute Gasteiger partial charge is 0.328 e. The van der Waals surface area contributed by atoms with Gasteiger partial charge >= 0.3 is 5.97 Å². The van der Waals surface area contributed by atoms with Crippen molar-refractivity contribution in [1.29, 1.82) is 0 Å². The first kappa shape index (κ1) is 47.0. The van der Waals surface area contributed by atoms with Gasteiger partial charge in [-0.15, -0.1) is 0 Å². The molecule has 20 nitrogen and oxygen atoms in total. The number of aliphatic carboxylic acids is 1. The van der Waals surface area contributed by atoms with Crippen LogP contribution in [-0.2, 0) is 33.6 Å². The van der Waals surface area contributed by atoms with Crippen LogP contribution >= 0.6 is 0 Å². The molecule has 0 aliphatic heterocycles. The summed E-state index contributed by atoms with van der Waals surface area (Å²) in [7, 11) is 0. The molecular formula is C31H61N11O9. The third-order valence-corrected chi connectivity index (χ3v) is 7.68. The number of carbonyl (C=O) groups is 7. The maximum absolute atomic E-state index is 13.6. The molecule has 0 fully saturated rings. The molecule has 0 heterocycles. The topological polar surface area (TPSA) is 362 Å². The summed E-state index contributed by atoms with van der Waals surface area (Å²) in [5, 5.41) is 34.0. The Morgan fingerprint density at radius 2 is 0.863 bits per heavy atom. The van der Waals surface area contributed by atoms with E-state index in [2.05, 4.69) is 31.9 Å². The molecule has 8 atom stereocenters. The van der Waals surface area contributed by atoms with Crippen LogP contribution in [0.15, 0.2) is 0 Å². The average Bonchev–Trinajstić information content (AvgIpc) is 3.05. The molecule has 0 saturated heterocycles. The fraction of sp³-hybridized carbons (Fsp3) is 0.774. The van der Waals surface area contributed by atoms with Crippen molar-refractivity contribution in [2.45, 2.75) is 121 Å². The maximum Gasteiger partial charge on any atom is 0.328 e. The van der Waals surface area contributed by atoms with E-state index in [9.17, 15) is 43.8 Å². The van der Waals surface area contributed by atoms with Gasteiger partial charge in [0.2, 0.25) is 35.4 Å². The molecule has 0 rings (SSSR count). The summed E-state index contributed by atoms with van der Waals surface area (Å²) >= 11 is 0. The number of amides is 6. The van der Waals surface area contributed by atoms with Crippen LogP contribution < -0.4 is 60.6 Å². The molecule has 18 N–H and O–H groups in total. The fourth-order valence-corrected chi connectivity index (χ4v) is 4.89. The summed E-state index contributed by atoms with van der Waals surface area (Å²) in [6, 6.07) is -8.53. The third-order valence-electron chi connectivity index (χ3n) is 7.68. The second-order valence-electron chi connectivity index (χ2n) is 12.7. The first-order valence-electron chi connectivity index (χ1n) is 17.3. The Labute approximate surface area is 298 Å². The molecule has 20 heteroatoms. The zero-order chi connectivity index (χ0) is 39.3. The molecule has 0 bridgehead atoms. The molecule has 0 saturated carbocycles. The highest BCUT2D eigenvalue weighted by Crippen LogP contribution is 2.09. The molecule has 0 radical (unpaired) electrons. The molecule has 0 aliphatic rings. The second-order valence-corrected chi connectivity index (χ2v) is 12.7. The number of carbonyl (C=O) groups excluding carboxylic acids is 6. The van der Waals surface area contributed by atoms with Crippen molar-refractivity contribution in [1.82, 2.24) is 31.9 Å². The van der Waals surface area contributed by atoms with Crippen molar-refractivity contribution in [2.24, 2.45) is 34.6 Å². The molecule has 0 unspecified atom stereocenters. The predicted molar refractivity (Wildman–Crippen MR) is 188 cm³/mol. The summed E-state index contributed by atoms with van der Waals surface area (Å²) in [4.78, 5) is 90.3. The van der Waals surface area contributed by atoms with Crippen LogP contribution in [0.2, 0.25) is 0 Å². The van der Waals surface area contributed by atoms with Crippen LogP contribution in [0.3, 0.4) is 0 Å². The summed E-state index contributed by atoms with van der Waals surface area (Å²) in [5.41, 5.74) is 28.3. The van der Waals surface area contributed by atoms with E-state index >= 15 is 0 Å². The normalized spacial score (nSPS) is 15.9. The van der Waals surface area contributed by atoms with Crippen molar-refractivity contribution in [2.75, 3.05) is 26.2 Å². The van der Waals surface area contributed by atoms with E-state index in [1.165, 1.54) is 6.92 Å².